The quantitative estimate of drug-likeness (QED) is 0.598. The molecule has 1 saturated carbocycles. The molecule has 0 spiro atoms. The van der Waals surface area contributed by atoms with Gasteiger partial charge in [-0.1, -0.05) is 32.6 Å². The Morgan fingerprint density at radius 2 is 1.90 bits per heavy atom. The lowest BCUT2D eigenvalue weighted by Gasteiger charge is -2.36. The SMILES string of the molecule is CCCCNC(=O)C1(NC(=O)CCC(C)N)CCCCC1. The van der Waals surface area contributed by atoms with Crippen molar-refractivity contribution >= 4 is 11.8 Å². The van der Waals surface area contributed by atoms with Crippen molar-refractivity contribution in [2.45, 2.75) is 83.2 Å². The molecule has 1 rings (SSSR count). The highest BCUT2D eigenvalue weighted by Gasteiger charge is 2.40. The zero-order chi connectivity index (χ0) is 15.7. The van der Waals surface area contributed by atoms with Crippen LogP contribution in [0.4, 0.5) is 0 Å². The topological polar surface area (TPSA) is 84.2 Å². The Bertz CT molecular complexity index is 336. The second-order valence-corrected chi connectivity index (χ2v) is 6.32. The second kappa shape index (κ2) is 9.03. The number of amides is 2. The number of hydrogen-bond donors (Lipinski definition) is 3. The van der Waals surface area contributed by atoms with Gasteiger partial charge in [-0.15, -0.1) is 0 Å². The van der Waals surface area contributed by atoms with E-state index >= 15 is 0 Å². The van der Waals surface area contributed by atoms with Crippen LogP contribution >= 0.6 is 0 Å². The average molecular weight is 297 g/mol. The number of nitrogens with one attached hydrogen (secondary N) is 2. The van der Waals surface area contributed by atoms with Crippen LogP contribution in [0.3, 0.4) is 0 Å². The van der Waals surface area contributed by atoms with Crippen molar-refractivity contribution in [3.63, 3.8) is 0 Å². The largest absolute Gasteiger partial charge is 0.354 e. The van der Waals surface area contributed by atoms with E-state index in [4.69, 9.17) is 5.73 Å². The van der Waals surface area contributed by atoms with E-state index in [0.29, 0.717) is 19.4 Å². The molecule has 4 N–H and O–H groups in total. The van der Waals surface area contributed by atoms with Crippen LogP contribution in [0.25, 0.3) is 0 Å². The molecule has 0 bridgehead atoms. The van der Waals surface area contributed by atoms with Gasteiger partial charge in [-0.3, -0.25) is 9.59 Å². The van der Waals surface area contributed by atoms with Crippen LogP contribution < -0.4 is 16.4 Å². The Morgan fingerprint density at radius 1 is 1.24 bits per heavy atom. The minimum absolute atomic E-state index is 0.00945. The van der Waals surface area contributed by atoms with Gasteiger partial charge in [0, 0.05) is 19.0 Å². The molecule has 0 aromatic heterocycles. The van der Waals surface area contributed by atoms with E-state index < -0.39 is 5.54 Å². The summed E-state index contributed by atoms with van der Waals surface area (Å²) in [6.45, 7) is 4.67. The van der Waals surface area contributed by atoms with Crippen LogP contribution in [-0.2, 0) is 9.59 Å². The van der Waals surface area contributed by atoms with E-state index in [2.05, 4.69) is 17.6 Å². The predicted octanol–water partition coefficient (Wildman–Crippen LogP) is 1.85. The van der Waals surface area contributed by atoms with E-state index in [1.807, 2.05) is 6.92 Å². The number of carbonyl (C=O) groups excluding carboxylic acids is 2. The summed E-state index contributed by atoms with van der Waals surface area (Å²) in [5.74, 6) is -0.0651. The first-order valence-electron chi connectivity index (χ1n) is 8.35. The van der Waals surface area contributed by atoms with Gasteiger partial charge in [0.05, 0.1) is 0 Å². The van der Waals surface area contributed by atoms with Crippen LogP contribution in [0.15, 0.2) is 0 Å². The third-order valence-electron chi connectivity index (χ3n) is 4.16. The van der Waals surface area contributed by atoms with Crippen molar-refractivity contribution in [3.8, 4) is 0 Å². The molecule has 0 aromatic rings. The molecule has 21 heavy (non-hydrogen) atoms. The molecule has 5 nitrogen and oxygen atoms in total. The smallest absolute Gasteiger partial charge is 0.245 e. The lowest BCUT2D eigenvalue weighted by atomic mass is 9.80. The first-order chi connectivity index (χ1) is 10.00. The minimum Gasteiger partial charge on any atom is -0.354 e. The van der Waals surface area contributed by atoms with Gasteiger partial charge in [0.2, 0.25) is 11.8 Å². The molecule has 0 radical (unpaired) electrons. The maximum absolute atomic E-state index is 12.5. The molecule has 1 aliphatic rings. The Labute approximate surface area is 128 Å². The van der Waals surface area contributed by atoms with Crippen molar-refractivity contribution in [3.05, 3.63) is 0 Å². The molecule has 1 aliphatic carbocycles. The summed E-state index contributed by atoms with van der Waals surface area (Å²) in [6.07, 6.45) is 7.68. The Kier molecular flexibility index (Phi) is 7.72. The Hall–Kier alpha value is -1.10. The highest BCUT2D eigenvalue weighted by atomic mass is 16.2. The van der Waals surface area contributed by atoms with Gasteiger partial charge in [-0.25, -0.2) is 0 Å². The Balaban J connectivity index is 2.60. The van der Waals surface area contributed by atoms with Gasteiger partial charge in [0.15, 0.2) is 0 Å². The maximum atomic E-state index is 12.5. The van der Waals surface area contributed by atoms with E-state index in [9.17, 15) is 9.59 Å². The normalized spacial score (nSPS) is 18.8. The molecule has 0 aliphatic heterocycles. The number of unbranched alkanes of at least 4 members (excludes halogenated alkanes) is 1. The molecule has 1 atom stereocenters. The third-order valence-corrected chi connectivity index (χ3v) is 4.16. The Morgan fingerprint density at radius 3 is 2.48 bits per heavy atom. The summed E-state index contributed by atoms with van der Waals surface area (Å²) < 4.78 is 0. The van der Waals surface area contributed by atoms with Gasteiger partial charge >= 0.3 is 0 Å². The van der Waals surface area contributed by atoms with Crippen molar-refractivity contribution < 1.29 is 9.59 Å². The van der Waals surface area contributed by atoms with Crippen molar-refractivity contribution in [2.75, 3.05) is 6.54 Å². The second-order valence-electron chi connectivity index (χ2n) is 6.32. The van der Waals surface area contributed by atoms with Crippen LogP contribution in [0.1, 0.15) is 71.6 Å². The van der Waals surface area contributed by atoms with Gasteiger partial charge in [0.1, 0.15) is 5.54 Å². The predicted molar refractivity (Wildman–Crippen MR) is 84.8 cm³/mol. The van der Waals surface area contributed by atoms with E-state index in [1.165, 1.54) is 0 Å². The van der Waals surface area contributed by atoms with Gasteiger partial charge in [-0.2, -0.15) is 0 Å². The van der Waals surface area contributed by atoms with Crippen molar-refractivity contribution in [2.24, 2.45) is 5.73 Å². The molecule has 1 unspecified atom stereocenters. The fraction of sp³-hybridized carbons (Fsp3) is 0.875. The molecule has 5 heteroatoms. The third kappa shape index (κ3) is 6.04. The highest BCUT2D eigenvalue weighted by molar-refractivity contribution is 5.91. The van der Waals surface area contributed by atoms with Gasteiger partial charge in [-0.05, 0) is 32.6 Å². The number of hydrogen-bond acceptors (Lipinski definition) is 3. The van der Waals surface area contributed by atoms with Crippen LogP contribution in [0, 0.1) is 0 Å². The van der Waals surface area contributed by atoms with Gasteiger partial charge in [0.25, 0.3) is 0 Å². The summed E-state index contributed by atoms with van der Waals surface area (Å²) in [6, 6.07) is 0.0106. The molecule has 122 valence electrons. The van der Waals surface area contributed by atoms with Crippen LogP contribution in [0.2, 0.25) is 0 Å². The number of carbonyl (C=O) groups is 2. The zero-order valence-corrected chi connectivity index (χ0v) is 13.5. The molecular formula is C16H31N3O2. The molecule has 0 saturated heterocycles. The standard InChI is InChI=1S/C16H31N3O2/c1-3-4-12-18-15(21)16(10-6-5-7-11-16)19-14(20)9-8-13(2)17/h13H,3-12,17H2,1-2H3,(H,18,21)(H,19,20). The van der Waals surface area contributed by atoms with Crippen LogP contribution in [-0.4, -0.2) is 29.9 Å². The molecule has 0 heterocycles. The lowest BCUT2D eigenvalue weighted by Crippen LogP contribution is -2.59. The number of rotatable bonds is 8. The van der Waals surface area contributed by atoms with E-state index in [0.717, 1.165) is 44.9 Å². The average Bonchev–Trinajstić information content (AvgIpc) is 2.46. The summed E-state index contributed by atoms with van der Waals surface area (Å²) >= 11 is 0. The van der Waals surface area contributed by atoms with Crippen molar-refractivity contribution in [1.29, 1.82) is 0 Å². The fourth-order valence-corrected chi connectivity index (χ4v) is 2.80. The molecular weight excluding hydrogens is 266 g/mol. The summed E-state index contributed by atoms with van der Waals surface area (Å²) in [5.41, 5.74) is 4.99. The summed E-state index contributed by atoms with van der Waals surface area (Å²) in [5, 5.41) is 5.99. The van der Waals surface area contributed by atoms with Crippen molar-refractivity contribution in [1.82, 2.24) is 10.6 Å². The monoisotopic (exact) mass is 297 g/mol. The highest BCUT2D eigenvalue weighted by Crippen LogP contribution is 2.28. The number of nitrogens with two attached hydrogens (primary N) is 1. The zero-order valence-electron chi connectivity index (χ0n) is 13.5. The van der Waals surface area contributed by atoms with Gasteiger partial charge < -0.3 is 16.4 Å². The maximum Gasteiger partial charge on any atom is 0.245 e. The fourth-order valence-electron chi connectivity index (χ4n) is 2.80. The first kappa shape index (κ1) is 18.0. The molecule has 1 fully saturated rings. The molecule has 0 aromatic carbocycles. The summed E-state index contributed by atoms with van der Waals surface area (Å²) in [7, 11) is 0. The summed E-state index contributed by atoms with van der Waals surface area (Å²) in [4.78, 5) is 24.6. The lowest BCUT2D eigenvalue weighted by molar-refractivity contribution is -0.135. The van der Waals surface area contributed by atoms with E-state index in [-0.39, 0.29) is 17.9 Å². The van der Waals surface area contributed by atoms with Crippen LogP contribution in [0.5, 0.6) is 0 Å². The molecule has 2 amide bonds. The first-order valence-corrected chi connectivity index (χ1v) is 8.35. The van der Waals surface area contributed by atoms with E-state index in [1.54, 1.807) is 0 Å². The minimum atomic E-state index is -0.694.